The molecule has 2 aromatic rings. The van der Waals surface area contributed by atoms with E-state index in [1.807, 2.05) is 0 Å². The summed E-state index contributed by atoms with van der Waals surface area (Å²) in [5, 5.41) is 12.9. The van der Waals surface area contributed by atoms with E-state index in [4.69, 9.17) is 5.73 Å². The van der Waals surface area contributed by atoms with E-state index in [1.54, 1.807) is 0 Å². The van der Waals surface area contributed by atoms with E-state index in [9.17, 15) is 33.3 Å². The molecule has 1 heterocycles. The number of rotatable bonds is 5. The predicted molar refractivity (Wildman–Crippen MR) is 80.9 cm³/mol. The molecule has 11 heteroatoms. The molecule has 0 spiro atoms. The van der Waals surface area contributed by atoms with Gasteiger partial charge in [0.1, 0.15) is 23.7 Å². The normalized spacial score (nSPS) is 10.3. The lowest BCUT2D eigenvalue weighted by molar-refractivity contribution is -0.385. The first-order valence-electron chi connectivity index (χ1n) is 6.62. The molecule has 0 saturated carbocycles. The van der Waals surface area contributed by atoms with Crippen molar-refractivity contribution in [2.45, 2.75) is 6.54 Å². The Bertz CT molecular complexity index is 941. The van der Waals surface area contributed by atoms with Crippen molar-refractivity contribution in [2.75, 3.05) is 5.32 Å². The van der Waals surface area contributed by atoms with Gasteiger partial charge in [0.2, 0.25) is 5.91 Å². The molecule has 0 saturated heterocycles. The number of nitrogens with two attached hydrogens (primary N) is 1. The summed E-state index contributed by atoms with van der Waals surface area (Å²) in [5.41, 5.74) is 2.31. The number of amides is 2. The quantitative estimate of drug-likeness (QED) is 0.605. The van der Waals surface area contributed by atoms with Crippen molar-refractivity contribution < 1.29 is 23.3 Å². The number of aromatic nitrogens is 1. The highest BCUT2D eigenvalue weighted by molar-refractivity contribution is 5.93. The molecule has 2 rings (SSSR count). The number of pyridine rings is 1. The molecule has 0 radical (unpaired) electrons. The number of nitrogens with zero attached hydrogens (tertiary/aromatic N) is 2. The maximum atomic E-state index is 13.5. The molecule has 9 nitrogen and oxygen atoms in total. The van der Waals surface area contributed by atoms with Crippen LogP contribution in [0.15, 0.2) is 35.3 Å². The Morgan fingerprint density at radius 3 is 2.52 bits per heavy atom. The molecule has 0 fully saturated rings. The summed E-state index contributed by atoms with van der Waals surface area (Å²) in [7, 11) is 0. The maximum Gasteiger partial charge on any atom is 0.286 e. The Hall–Kier alpha value is -3.63. The molecule has 0 aliphatic carbocycles. The minimum Gasteiger partial charge on any atom is -0.365 e. The van der Waals surface area contributed by atoms with Crippen LogP contribution in [0.3, 0.4) is 0 Å². The number of hydrogen-bond acceptors (Lipinski definition) is 5. The number of anilines is 1. The first kappa shape index (κ1) is 17.7. The van der Waals surface area contributed by atoms with Crippen LogP contribution in [0.5, 0.6) is 0 Å². The lowest BCUT2D eigenvalue weighted by atomic mass is 10.2. The minimum atomic E-state index is -1.20. The second kappa shape index (κ2) is 6.86. The zero-order valence-electron chi connectivity index (χ0n) is 12.4. The monoisotopic (exact) mass is 352 g/mol. The number of carbonyl (C=O) groups excluding carboxylic acids is 2. The maximum absolute atomic E-state index is 13.5. The van der Waals surface area contributed by atoms with Gasteiger partial charge in [0.05, 0.1) is 16.8 Å². The van der Waals surface area contributed by atoms with E-state index in [2.05, 4.69) is 5.32 Å². The van der Waals surface area contributed by atoms with Crippen molar-refractivity contribution >= 4 is 23.2 Å². The average Bonchev–Trinajstić information content (AvgIpc) is 2.51. The number of nitro groups is 1. The first-order valence-corrected chi connectivity index (χ1v) is 6.62. The van der Waals surface area contributed by atoms with Gasteiger partial charge in [-0.3, -0.25) is 29.1 Å². The fourth-order valence-electron chi connectivity index (χ4n) is 1.95. The molecule has 3 N–H and O–H groups in total. The number of halogens is 2. The van der Waals surface area contributed by atoms with Crippen LogP contribution < -0.4 is 16.6 Å². The van der Waals surface area contributed by atoms with Gasteiger partial charge in [-0.05, 0) is 12.1 Å². The number of primary amides is 1. The smallest absolute Gasteiger partial charge is 0.286 e. The van der Waals surface area contributed by atoms with Crippen LogP contribution in [-0.2, 0) is 11.3 Å². The molecule has 1 aromatic carbocycles. The number of benzene rings is 1. The molecule has 25 heavy (non-hydrogen) atoms. The van der Waals surface area contributed by atoms with Crippen LogP contribution in [0.25, 0.3) is 0 Å². The first-order chi connectivity index (χ1) is 11.7. The van der Waals surface area contributed by atoms with Crippen LogP contribution in [0.4, 0.5) is 20.2 Å². The minimum absolute atomic E-state index is 0.347. The highest BCUT2D eigenvalue weighted by Crippen LogP contribution is 2.15. The Balaban J connectivity index is 2.32. The molecule has 0 aliphatic rings. The summed E-state index contributed by atoms with van der Waals surface area (Å²) < 4.78 is 26.9. The molecule has 2 amide bonds. The van der Waals surface area contributed by atoms with Crippen molar-refractivity contribution in [2.24, 2.45) is 5.73 Å². The van der Waals surface area contributed by atoms with Crippen molar-refractivity contribution in [3.8, 4) is 0 Å². The SMILES string of the molecule is NC(=O)c1cc([N+](=O)[O-])cn(CC(=O)Nc2ccc(F)cc2F)c1=O. The number of carbonyl (C=O) groups is 2. The van der Waals surface area contributed by atoms with Crippen LogP contribution in [0, 0.1) is 21.7 Å². The summed E-state index contributed by atoms with van der Waals surface area (Å²) in [6.45, 7) is -0.752. The highest BCUT2D eigenvalue weighted by Gasteiger charge is 2.19. The predicted octanol–water partition coefficient (Wildman–Crippen LogP) is 0.772. The summed E-state index contributed by atoms with van der Waals surface area (Å²) in [6.07, 6.45) is 0.745. The third kappa shape index (κ3) is 4.02. The van der Waals surface area contributed by atoms with Gasteiger partial charge in [-0.15, -0.1) is 0 Å². The Morgan fingerprint density at radius 1 is 1.28 bits per heavy atom. The fourth-order valence-corrected chi connectivity index (χ4v) is 1.95. The topological polar surface area (TPSA) is 137 Å². The Labute approximate surface area is 137 Å². The van der Waals surface area contributed by atoms with Crippen molar-refractivity contribution in [1.29, 1.82) is 0 Å². The van der Waals surface area contributed by atoms with Crippen LogP contribution >= 0.6 is 0 Å². The Morgan fingerprint density at radius 2 is 1.96 bits per heavy atom. The van der Waals surface area contributed by atoms with Gasteiger partial charge in [0, 0.05) is 12.1 Å². The van der Waals surface area contributed by atoms with Crippen molar-refractivity contribution in [3.63, 3.8) is 0 Å². The van der Waals surface area contributed by atoms with Gasteiger partial charge < -0.3 is 11.1 Å². The fraction of sp³-hybridized carbons (Fsp3) is 0.0714. The lowest BCUT2D eigenvalue weighted by Gasteiger charge is -2.09. The largest absolute Gasteiger partial charge is 0.365 e. The van der Waals surface area contributed by atoms with Gasteiger partial charge >= 0.3 is 0 Å². The number of hydrogen-bond donors (Lipinski definition) is 2. The van der Waals surface area contributed by atoms with Gasteiger partial charge in [-0.25, -0.2) is 8.78 Å². The van der Waals surface area contributed by atoms with Gasteiger partial charge in [0.25, 0.3) is 17.2 Å². The lowest BCUT2D eigenvalue weighted by Crippen LogP contribution is -2.33. The Kier molecular flexibility index (Phi) is 4.86. The van der Waals surface area contributed by atoms with Gasteiger partial charge in [-0.1, -0.05) is 0 Å². The zero-order valence-corrected chi connectivity index (χ0v) is 12.4. The second-order valence-corrected chi connectivity index (χ2v) is 4.84. The summed E-state index contributed by atoms with van der Waals surface area (Å²) >= 11 is 0. The summed E-state index contributed by atoms with van der Waals surface area (Å²) in [6, 6.07) is 3.11. The zero-order chi connectivity index (χ0) is 18.7. The standard InChI is InChI=1S/C14H10F2N4O5/c15-7-1-2-11(10(16)3-7)18-12(21)6-19-5-8(20(24)25)4-9(13(17)22)14(19)23/h1-5H,6H2,(H2,17,22)(H,18,21). The highest BCUT2D eigenvalue weighted by atomic mass is 19.1. The second-order valence-electron chi connectivity index (χ2n) is 4.84. The number of nitrogens with one attached hydrogen (secondary N) is 1. The molecule has 1 aromatic heterocycles. The molecule has 0 unspecified atom stereocenters. The molecule has 0 aliphatic heterocycles. The molecule has 0 atom stereocenters. The molecule has 0 bridgehead atoms. The van der Waals surface area contributed by atoms with Crippen LogP contribution in [-0.4, -0.2) is 21.3 Å². The van der Waals surface area contributed by atoms with Gasteiger partial charge in [0.15, 0.2) is 0 Å². The average molecular weight is 352 g/mol. The van der Waals surface area contributed by atoms with E-state index in [0.29, 0.717) is 16.7 Å². The van der Waals surface area contributed by atoms with Crippen molar-refractivity contribution in [3.05, 3.63) is 68.1 Å². The molecular weight excluding hydrogens is 342 g/mol. The summed E-state index contributed by atoms with van der Waals surface area (Å²) in [4.78, 5) is 45.1. The molecular formula is C14H10F2N4O5. The van der Waals surface area contributed by atoms with Crippen molar-refractivity contribution in [1.82, 2.24) is 4.57 Å². The van der Waals surface area contributed by atoms with E-state index in [0.717, 1.165) is 18.3 Å². The third-order valence-corrected chi connectivity index (χ3v) is 3.07. The van der Waals surface area contributed by atoms with E-state index in [-0.39, 0.29) is 5.69 Å². The van der Waals surface area contributed by atoms with Gasteiger partial charge in [-0.2, -0.15) is 0 Å². The van der Waals surface area contributed by atoms with E-state index >= 15 is 0 Å². The summed E-state index contributed by atoms with van der Waals surface area (Å²) in [5.74, 6) is -4.02. The van der Waals surface area contributed by atoms with E-state index < -0.39 is 51.7 Å². The molecule has 130 valence electrons. The van der Waals surface area contributed by atoms with Crippen LogP contribution in [0.1, 0.15) is 10.4 Å². The third-order valence-electron chi connectivity index (χ3n) is 3.07. The van der Waals surface area contributed by atoms with Crippen LogP contribution in [0.2, 0.25) is 0 Å². The van der Waals surface area contributed by atoms with E-state index in [1.165, 1.54) is 0 Å².